The van der Waals surface area contributed by atoms with Gasteiger partial charge in [0.2, 0.25) is 5.91 Å². The number of amides is 1. The summed E-state index contributed by atoms with van der Waals surface area (Å²) in [4.78, 5) is 11.3. The molecule has 0 spiro atoms. The van der Waals surface area contributed by atoms with E-state index in [1.807, 2.05) is 5.01 Å². The Balaban J connectivity index is 1.59. The predicted molar refractivity (Wildman–Crippen MR) is 105 cm³/mol. The molecule has 1 aliphatic heterocycles. The number of fused-ring (bicyclic) bond motifs is 1. The van der Waals surface area contributed by atoms with Crippen molar-refractivity contribution in [2.45, 2.75) is 46.1 Å². The van der Waals surface area contributed by atoms with Gasteiger partial charge in [-0.2, -0.15) is 0 Å². The van der Waals surface area contributed by atoms with E-state index < -0.39 is 0 Å². The van der Waals surface area contributed by atoms with Crippen LogP contribution in [0.5, 0.6) is 0 Å². The van der Waals surface area contributed by atoms with Crippen molar-refractivity contribution >= 4 is 11.6 Å². The Morgan fingerprint density at radius 3 is 2.81 bits per heavy atom. The molecule has 0 radical (unpaired) electrons. The fraction of sp³-hybridized carbons (Fsp3) is 0.409. The molecule has 1 aromatic rings. The first-order valence-corrected chi connectivity index (χ1v) is 9.68. The SMILES string of the molecule is CC(=O)NC(C)C[C@H]1CCC2=C1[C@@H](C)C1=CNN(c3ccc(F)cc3)C1=C2. The molecule has 0 fully saturated rings. The van der Waals surface area contributed by atoms with E-state index in [9.17, 15) is 9.18 Å². The fourth-order valence-electron chi connectivity index (χ4n) is 4.79. The lowest BCUT2D eigenvalue weighted by Crippen LogP contribution is -2.33. The largest absolute Gasteiger partial charge is 0.354 e. The highest BCUT2D eigenvalue weighted by Gasteiger charge is 2.38. The quantitative estimate of drug-likeness (QED) is 0.839. The molecule has 1 amide bonds. The third-order valence-corrected chi connectivity index (χ3v) is 5.88. The lowest BCUT2D eigenvalue weighted by molar-refractivity contribution is -0.119. The van der Waals surface area contributed by atoms with Crippen LogP contribution < -0.4 is 15.8 Å². The molecular weight excluding hydrogens is 341 g/mol. The first kappa shape index (κ1) is 17.8. The number of nitrogens with zero attached hydrogens (tertiary/aromatic N) is 1. The van der Waals surface area contributed by atoms with Crippen molar-refractivity contribution in [1.82, 2.24) is 10.7 Å². The van der Waals surface area contributed by atoms with Gasteiger partial charge in [0.25, 0.3) is 0 Å². The summed E-state index contributed by atoms with van der Waals surface area (Å²) in [5.41, 5.74) is 9.63. The van der Waals surface area contributed by atoms with Crippen LogP contribution in [-0.4, -0.2) is 11.9 Å². The molecule has 0 bridgehead atoms. The number of carbonyl (C=O) groups excluding carboxylic acids is 1. The third kappa shape index (κ3) is 3.27. The Morgan fingerprint density at radius 1 is 1.37 bits per heavy atom. The highest BCUT2D eigenvalue weighted by Crippen LogP contribution is 2.48. The zero-order valence-corrected chi connectivity index (χ0v) is 16.1. The molecule has 27 heavy (non-hydrogen) atoms. The van der Waals surface area contributed by atoms with E-state index in [1.54, 1.807) is 19.1 Å². The number of rotatable bonds is 4. The minimum atomic E-state index is -0.228. The number of carbonyl (C=O) groups is 1. The number of halogens is 1. The topological polar surface area (TPSA) is 44.4 Å². The maximum atomic E-state index is 13.3. The molecule has 142 valence electrons. The molecule has 2 aliphatic carbocycles. The second-order valence-corrected chi connectivity index (χ2v) is 7.85. The Labute approximate surface area is 159 Å². The van der Waals surface area contributed by atoms with Gasteiger partial charge in [0.1, 0.15) is 5.82 Å². The first-order valence-electron chi connectivity index (χ1n) is 9.68. The van der Waals surface area contributed by atoms with E-state index in [-0.39, 0.29) is 17.8 Å². The van der Waals surface area contributed by atoms with Crippen molar-refractivity contribution < 1.29 is 9.18 Å². The number of nitrogens with one attached hydrogen (secondary N) is 2. The fourth-order valence-corrected chi connectivity index (χ4v) is 4.79. The molecule has 2 N–H and O–H groups in total. The van der Waals surface area contributed by atoms with Crippen LogP contribution in [0.2, 0.25) is 0 Å². The number of benzene rings is 1. The van der Waals surface area contributed by atoms with Crippen LogP contribution in [0.4, 0.5) is 10.1 Å². The summed E-state index contributed by atoms with van der Waals surface area (Å²) in [6, 6.07) is 6.74. The van der Waals surface area contributed by atoms with Crippen LogP contribution in [0.25, 0.3) is 0 Å². The summed E-state index contributed by atoms with van der Waals surface area (Å²) in [5, 5.41) is 5.05. The molecule has 0 aromatic heterocycles. The Bertz CT molecular complexity index is 853. The average molecular weight is 367 g/mol. The Morgan fingerprint density at radius 2 is 2.11 bits per heavy atom. The van der Waals surface area contributed by atoms with Crippen molar-refractivity contribution in [2.24, 2.45) is 11.8 Å². The lowest BCUT2D eigenvalue weighted by atomic mass is 9.78. The standard InChI is InChI=1S/C22H26FN3O/c1-13(25-15(3)27)10-16-4-5-17-11-21-20(14(2)22(16)17)12-24-26(21)19-8-6-18(23)7-9-19/h6-9,11-14,16,24H,4-5,10H2,1-3H3,(H,25,27)/t13?,14-,16+/m0/s1. The highest BCUT2D eigenvalue weighted by molar-refractivity contribution is 5.73. The third-order valence-electron chi connectivity index (χ3n) is 5.88. The van der Waals surface area contributed by atoms with Gasteiger partial charge in [-0.3, -0.25) is 9.80 Å². The number of anilines is 1. The van der Waals surface area contributed by atoms with Gasteiger partial charge < -0.3 is 10.7 Å². The van der Waals surface area contributed by atoms with E-state index >= 15 is 0 Å². The van der Waals surface area contributed by atoms with E-state index in [4.69, 9.17) is 0 Å². The smallest absolute Gasteiger partial charge is 0.217 e. The minimum Gasteiger partial charge on any atom is -0.354 e. The zero-order chi connectivity index (χ0) is 19.1. The molecule has 0 saturated carbocycles. The van der Waals surface area contributed by atoms with Crippen LogP contribution >= 0.6 is 0 Å². The molecule has 4 nitrogen and oxygen atoms in total. The van der Waals surface area contributed by atoms with E-state index in [0.29, 0.717) is 11.8 Å². The van der Waals surface area contributed by atoms with Gasteiger partial charge >= 0.3 is 0 Å². The van der Waals surface area contributed by atoms with E-state index in [1.165, 1.54) is 28.9 Å². The van der Waals surface area contributed by atoms with Crippen molar-refractivity contribution in [3.8, 4) is 0 Å². The second-order valence-electron chi connectivity index (χ2n) is 7.85. The predicted octanol–water partition coefficient (Wildman–Crippen LogP) is 4.19. The minimum absolute atomic E-state index is 0.0335. The maximum absolute atomic E-state index is 13.3. The Kier molecular flexibility index (Phi) is 4.54. The molecule has 1 aromatic carbocycles. The van der Waals surface area contributed by atoms with Gasteiger partial charge in [0.05, 0.1) is 11.4 Å². The molecule has 0 saturated heterocycles. The van der Waals surface area contributed by atoms with Crippen molar-refractivity contribution in [1.29, 1.82) is 0 Å². The molecule has 1 heterocycles. The molecular formula is C22H26FN3O. The van der Waals surface area contributed by atoms with Crippen molar-refractivity contribution in [3.05, 3.63) is 64.8 Å². The molecule has 5 heteroatoms. The average Bonchev–Trinajstić information content (AvgIpc) is 3.20. The van der Waals surface area contributed by atoms with Gasteiger partial charge in [-0.15, -0.1) is 0 Å². The van der Waals surface area contributed by atoms with Crippen molar-refractivity contribution in [3.63, 3.8) is 0 Å². The van der Waals surface area contributed by atoms with Crippen LogP contribution in [0.15, 0.2) is 59.0 Å². The second kappa shape index (κ2) is 6.87. The highest BCUT2D eigenvalue weighted by atomic mass is 19.1. The molecule has 4 rings (SSSR count). The van der Waals surface area contributed by atoms with Gasteiger partial charge in [0, 0.05) is 30.7 Å². The molecule has 3 aliphatic rings. The summed E-state index contributed by atoms with van der Waals surface area (Å²) in [5.74, 6) is 0.658. The zero-order valence-electron chi connectivity index (χ0n) is 16.1. The summed E-state index contributed by atoms with van der Waals surface area (Å²) in [7, 11) is 0. The summed E-state index contributed by atoms with van der Waals surface area (Å²) >= 11 is 0. The normalized spacial score (nSPS) is 24.7. The Hall–Kier alpha value is -2.56. The number of hydrogen-bond acceptors (Lipinski definition) is 3. The lowest BCUT2D eigenvalue weighted by Gasteiger charge is -2.30. The van der Waals surface area contributed by atoms with Gasteiger partial charge in [-0.05, 0) is 68.0 Å². The van der Waals surface area contributed by atoms with E-state index in [0.717, 1.165) is 30.6 Å². The van der Waals surface area contributed by atoms with Gasteiger partial charge in [-0.1, -0.05) is 12.5 Å². The van der Waals surface area contributed by atoms with Gasteiger partial charge in [-0.25, -0.2) is 4.39 Å². The van der Waals surface area contributed by atoms with Crippen LogP contribution in [-0.2, 0) is 4.79 Å². The van der Waals surface area contributed by atoms with Crippen LogP contribution in [0.1, 0.15) is 40.0 Å². The summed E-state index contributed by atoms with van der Waals surface area (Å²) in [6.45, 7) is 5.93. The number of hydrogen-bond donors (Lipinski definition) is 2. The summed E-state index contributed by atoms with van der Waals surface area (Å²) in [6.07, 6.45) is 7.54. The van der Waals surface area contributed by atoms with Crippen molar-refractivity contribution in [2.75, 3.05) is 5.01 Å². The monoisotopic (exact) mass is 367 g/mol. The van der Waals surface area contributed by atoms with Gasteiger partial charge in [0.15, 0.2) is 0 Å². The summed E-state index contributed by atoms with van der Waals surface area (Å²) < 4.78 is 13.3. The van der Waals surface area contributed by atoms with Crippen LogP contribution in [0, 0.1) is 17.7 Å². The maximum Gasteiger partial charge on any atom is 0.217 e. The van der Waals surface area contributed by atoms with Crippen LogP contribution in [0.3, 0.4) is 0 Å². The number of hydrazine groups is 1. The first-order chi connectivity index (χ1) is 12.9. The molecule has 3 atom stereocenters. The van der Waals surface area contributed by atoms with E-state index in [2.05, 4.69) is 36.9 Å². The number of allylic oxidation sites excluding steroid dienone is 4. The molecule has 1 unspecified atom stereocenters.